The van der Waals surface area contributed by atoms with Gasteiger partial charge in [0.25, 0.3) is 5.91 Å². The van der Waals surface area contributed by atoms with Gasteiger partial charge in [0.05, 0.1) is 0 Å². The Labute approximate surface area is 150 Å². The number of hydrogen-bond donors (Lipinski definition) is 0. The Balaban J connectivity index is 1.86. The van der Waals surface area contributed by atoms with E-state index in [1.165, 1.54) is 0 Å². The fourth-order valence-corrected chi connectivity index (χ4v) is 3.89. The van der Waals surface area contributed by atoms with Gasteiger partial charge in [-0.15, -0.1) is 11.3 Å². The van der Waals surface area contributed by atoms with E-state index in [0.717, 1.165) is 22.4 Å². The predicted octanol–water partition coefficient (Wildman–Crippen LogP) is 4.05. The monoisotopic (exact) mass is 355 g/mol. The summed E-state index contributed by atoms with van der Waals surface area (Å²) in [7, 11) is 0. The van der Waals surface area contributed by atoms with Crippen LogP contribution in [0.25, 0.3) is 20.2 Å². The van der Waals surface area contributed by atoms with Gasteiger partial charge in [0.15, 0.2) is 12.0 Å². The number of ether oxygens (including phenoxy) is 1. The number of nitrogens with zero attached hydrogens (tertiary/aromatic N) is 1. The number of likely N-dealkylation sites (N-methyl/N-ethyl adjacent to an activating group) is 1. The second-order valence-corrected chi connectivity index (χ2v) is 6.93. The van der Waals surface area contributed by atoms with E-state index in [0.29, 0.717) is 23.1 Å². The highest BCUT2D eigenvalue weighted by Crippen LogP contribution is 2.27. The third kappa shape index (κ3) is 3.66. The maximum atomic E-state index is 12.7. The Morgan fingerprint density at radius 1 is 1.08 bits per heavy atom. The smallest absolute Gasteiger partial charge is 0.260 e. The van der Waals surface area contributed by atoms with Gasteiger partial charge < -0.3 is 9.64 Å². The molecule has 4 nitrogen and oxygen atoms in total. The molecule has 0 unspecified atom stereocenters. The molecule has 0 saturated heterocycles. The van der Waals surface area contributed by atoms with Gasteiger partial charge in [-0.3, -0.25) is 9.59 Å². The van der Waals surface area contributed by atoms with Crippen LogP contribution in [0.3, 0.4) is 0 Å². The minimum absolute atomic E-state index is 0.00212. The van der Waals surface area contributed by atoms with E-state index in [1.54, 1.807) is 22.3 Å². The molecule has 1 aromatic heterocycles. The summed E-state index contributed by atoms with van der Waals surface area (Å²) in [5, 5.41) is 1.35. The first-order chi connectivity index (χ1) is 12.1. The van der Waals surface area contributed by atoms with Crippen LogP contribution in [0.2, 0.25) is 0 Å². The van der Waals surface area contributed by atoms with E-state index in [-0.39, 0.29) is 17.9 Å². The molecule has 0 aliphatic rings. The van der Waals surface area contributed by atoms with Crippen molar-refractivity contribution in [3.05, 3.63) is 52.7 Å². The Bertz CT molecular complexity index is 964. The summed E-state index contributed by atoms with van der Waals surface area (Å²) < 4.78 is 7.54. The summed E-state index contributed by atoms with van der Waals surface area (Å²) in [6, 6.07) is 13.0. The second kappa shape index (κ2) is 7.66. The number of rotatable bonds is 6. The van der Waals surface area contributed by atoms with E-state index < -0.39 is 0 Å². The van der Waals surface area contributed by atoms with Gasteiger partial charge in [-0.05, 0) is 43.7 Å². The molecule has 1 amide bonds. The van der Waals surface area contributed by atoms with Crippen molar-refractivity contribution >= 4 is 37.4 Å². The van der Waals surface area contributed by atoms with Crippen molar-refractivity contribution in [2.24, 2.45) is 0 Å². The largest absolute Gasteiger partial charge is 0.484 e. The molecule has 0 aliphatic heterocycles. The van der Waals surface area contributed by atoms with Crippen LogP contribution >= 0.6 is 11.3 Å². The molecule has 2 aromatic carbocycles. The van der Waals surface area contributed by atoms with E-state index in [4.69, 9.17) is 4.74 Å². The first-order valence-corrected chi connectivity index (χ1v) is 9.32. The number of carbonyl (C=O) groups excluding carboxylic acids is 1. The van der Waals surface area contributed by atoms with Crippen molar-refractivity contribution in [2.75, 3.05) is 19.7 Å². The number of hydrogen-bond acceptors (Lipinski definition) is 4. The molecule has 0 saturated carbocycles. The fraction of sp³-hybridized carbons (Fsp3) is 0.300. The van der Waals surface area contributed by atoms with Crippen molar-refractivity contribution in [3.63, 3.8) is 0 Å². The van der Waals surface area contributed by atoms with Crippen LogP contribution in [0, 0.1) is 0 Å². The lowest BCUT2D eigenvalue weighted by molar-refractivity contribution is -0.133. The third-order valence-electron chi connectivity index (χ3n) is 4.14. The maximum absolute atomic E-state index is 12.7. The SMILES string of the molecule is CCCN(CC)C(=O)COc1ccc2sc3ccccc3c(=O)c2c1. The number of amides is 1. The molecule has 0 spiro atoms. The van der Waals surface area contributed by atoms with Crippen molar-refractivity contribution in [1.29, 1.82) is 0 Å². The average Bonchev–Trinajstić information content (AvgIpc) is 2.64. The van der Waals surface area contributed by atoms with Gasteiger partial charge in [-0.2, -0.15) is 0 Å². The van der Waals surface area contributed by atoms with Crippen molar-refractivity contribution in [3.8, 4) is 5.75 Å². The van der Waals surface area contributed by atoms with Crippen LogP contribution in [-0.2, 0) is 4.79 Å². The van der Waals surface area contributed by atoms with Gasteiger partial charge in [-0.1, -0.05) is 19.1 Å². The number of carbonyl (C=O) groups is 1. The standard InChI is InChI=1S/C20H21NO3S/c1-3-11-21(4-2)19(22)13-24-14-9-10-18-16(12-14)20(23)15-7-5-6-8-17(15)25-18/h5-10,12H,3-4,11,13H2,1-2H3. The molecule has 130 valence electrons. The Morgan fingerprint density at radius 3 is 2.60 bits per heavy atom. The molecule has 3 rings (SSSR count). The van der Waals surface area contributed by atoms with Crippen molar-refractivity contribution < 1.29 is 9.53 Å². The van der Waals surface area contributed by atoms with Gasteiger partial charge in [-0.25, -0.2) is 0 Å². The summed E-state index contributed by atoms with van der Waals surface area (Å²) in [6.45, 7) is 5.40. The van der Waals surface area contributed by atoms with Crippen LogP contribution in [0.1, 0.15) is 20.3 Å². The molecule has 0 radical (unpaired) electrons. The number of fused-ring (bicyclic) bond motifs is 2. The van der Waals surface area contributed by atoms with Gasteiger partial charge in [0.2, 0.25) is 0 Å². The molecule has 0 bridgehead atoms. The third-order valence-corrected chi connectivity index (χ3v) is 5.29. The van der Waals surface area contributed by atoms with Crippen LogP contribution in [0.15, 0.2) is 47.3 Å². The Hall–Kier alpha value is -2.40. The maximum Gasteiger partial charge on any atom is 0.260 e. The van der Waals surface area contributed by atoms with Gasteiger partial charge >= 0.3 is 0 Å². The molecule has 0 N–H and O–H groups in total. The zero-order chi connectivity index (χ0) is 17.8. The minimum Gasteiger partial charge on any atom is -0.484 e. The molecule has 5 heteroatoms. The van der Waals surface area contributed by atoms with Gasteiger partial charge in [0.1, 0.15) is 5.75 Å². The van der Waals surface area contributed by atoms with E-state index in [1.807, 2.05) is 50.2 Å². The highest BCUT2D eigenvalue weighted by molar-refractivity contribution is 7.24. The lowest BCUT2D eigenvalue weighted by atomic mass is 10.2. The molecule has 0 fully saturated rings. The lowest BCUT2D eigenvalue weighted by Crippen LogP contribution is -2.35. The highest BCUT2D eigenvalue weighted by Gasteiger charge is 2.12. The quantitative estimate of drug-likeness (QED) is 0.627. The van der Waals surface area contributed by atoms with Crippen molar-refractivity contribution in [1.82, 2.24) is 4.90 Å². The van der Waals surface area contributed by atoms with E-state index in [2.05, 4.69) is 0 Å². The molecule has 3 aromatic rings. The lowest BCUT2D eigenvalue weighted by Gasteiger charge is -2.20. The molecular weight excluding hydrogens is 334 g/mol. The van der Waals surface area contributed by atoms with Gasteiger partial charge in [0, 0.05) is 33.3 Å². The summed E-state index contributed by atoms with van der Waals surface area (Å²) in [5.41, 5.74) is 0.00212. The Kier molecular flexibility index (Phi) is 5.34. The first-order valence-electron chi connectivity index (χ1n) is 8.50. The minimum atomic E-state index is -0.0342. The molecule has 1 heterocycles. The normalized spacial score (nSPS) is 11.0. The molecule has 25 heavy (non-hydrogen) atoms. The number of benzene rings is 2. The summed E-state index contributed by atoms with van der Waals surface area (Å²) in [5.74, 6) is 0.515. The molecule has 0 atom stereocenters. The molecule has 0 aliphatic carbocycles. The van der Waals surface area contributed by atoms with Crippen LogP contribution < -0.4 is 10.2 Å². The summed E-state index contributed by atoms with van der Waals surface area (Å²) >= 11 is 1.58. The second-order valence-electron chi connectivity index (χ2n) is 5.85. The predicted molar refractivity (Wildman–Crippen MR) is 104 cm³/mol. The molecular formula is C20H21NO3S. The zero-order valence-electron chi connectivity index (χ0n) is 14.5. The topological polar surface area (TPSA) is 46.6 Å². The van der Waals surface area contributed by atoms with E-state index >= 15 is 0 Å². The summed E-state index contributed by atoms with van der Waals surface area (Å²) in [6.07, 6.45) is 0.920. The van der Waals surface area contributed by atoms with E-state index in [9.17, 15) is 9.59 Å². The average molecular weight is 355 g/mol. The summed E-state index contributed by atoms with van der Waals surface area (Å²) in [4.78, 5) is 26.7. The fourth-order valence-electron chi connectivity index (χ4n) is 2.84. The van der Waals surface area contributed by atoms with Crippen LogP contribution in [-0.4, -0.2) is 30.5 Å². The van der Waals surface area contributed by atoms with Crippen LogP contribution in [0.5, 0.6) is 5.75 Å². The highest BCUT2D eigenvalue weighted by atomic mass is 32.1. The Morgan fingerprint density at radius 2 is 1.84 bits per heavy atom. The van der Waals surface area contributed by atoms with Crippen LogP contribution in [0.4, 0.5) is 0 Å². The van der Waals surface area contributed by atoms with Crippen molar-refractivity contribution in [2.45, 2.75) is 20.3 Å². The zero-order valence-corrected chi connectivity index (χ0v) is 15.3. The first kappa shape index (κ1) is 17.4.